The molecule has 0 N–H and O–H groups in total. The number of hydrogen-bond acceptors (Lipinski definition) is 4. The Morgan fingerprint density at radius 3 is 2.26 bits per heavy atom. The first-order valence-electron chi connectivity index (χ1n) is 7.34. The lowest BCUT2D eigenvalue weighted by Crippen LogP contribution is -2.44. The molecule has 0 aliphatic heterocycles. The van der Waals surface area contributed by atoms with Gasteiger partial charge in [-0.2, -0.15) is 0 Å². The Labute approximate surface area is 148 Å². The standard InChI is InChI=1S/C15H20IN3O4/c1-4-8-18(9-5-2)15(21)17(3)14(20)11-6-7-12(16)13(10-11)19(22)23/h6-7,10H,4-5,8-9H2,1-3H3. The molecule has 0 saturated heterocycles. The maximum Gasteiger partial charge on any atom is 0.326 e. The second kappa shape index (κ2) is 8.80. The first-order valence-corrected chi connectivity index (χ1v) is 8.42. The number of imide groups is 1. The van der Waals surface area contributed by atoms with Gasteiger partial charge in [0.2, 0.25) is 0 Å². The number of nitro groups is 1. The van der Waals surface area contributed by atoms with Gasteiger partial charge in [-0.3, -0.25) is 19.8 Å². The fourth-order valence-corrected chi connectivity index (χ4v) is 2.65. The molecule has 0 fully saturated rings. The van der Waals surface area contributed by atoms with E-state index in [1.165, 1.54) is 25.2 Å². The van der Waals surface area contributed by atoms with Gasteiger partial charge < -0.3 is 4.90 Å². The third-order valence-corrected chi connectivity index (χ3v) is 4.15. The minimum Gasteiger partial charge on any atom is -0.324 e. The van der Waals surface area contributed by atoms with Gasteiger partial charge in [0.05, 0.1) is 8.49 Å². The van der Waals surface area contributed by atoms with E-state index in [-0.39, 0.29) is 17.3 Å². The van der Waals surface area contributed by atoms with Crippen molar-refractivity contribution in [1.82, 2.24) is 9.80 Å². The molecule has 1 rings (SSSR count). The third kappa shape index (κ3) is 4.88. The first kappa shape index (κ1) is 19.3. The van der Waals surface area contributed by atoms with Crippen molar-refractivity contribution in [3.63, 3.8) is 0 Å². The van der Waals surface area contributed by atoms with E-state index in [2.05, 4.69) is 0 Å². The molecular weight excluding hydrogens is 413 g/mol. The Bertz CT molecular complexity index is 600. The maximum absolute atomic E-state index is 12.4. The van der Waals surface area contributed by atoms with Crippen LogP contribution >= 0.6 is 22.6 Å². The molecule has 1 aromatic carbocycles. The molecule has 23 heavy (non-hydrogen) atoms. The van der Waals surface area contributed by atoms with Crippen molar-refractivity contribution in [2.45, 2.75) is 26.7 Å². The zero-order chi connectivity index (χ0) is 17.6. The number of urea groups is 1. The van der Waals surface area contributed by atoms with Gasteiger partial charge in [0.1, 0.15) is 0 Å². The van der Waals surface area contributed by atoms with Crippen molar-refractivity contribution in [3.8, 4) is 0 Å². The van der Waals surface area contributed by atoms with Crippen LogP contribution in [0.1, 0.15) is 37.0 Å². The number of carbonyl (C=O) groups excluding carboxylic acids is 2. The molecule has 0 radical (unpaired) electrons. The van der Waals surface area contributed by atoms with Gasteiger partial charge in [0.15, 0.2) is 0 Å². The number of carbonyl (C=O) groups is 2. The second-order valence-corrected chi connectivity index (χ2v) is 6.22. The number of amides is 3. The summed E-state index contributed by atoms with van der Waals surface area (Å²) < 4.78 is 0.441. The van der Waals surface area contributed by atoms with Gasteiger partial charge in [-0.25, -0.2) is 4.79 Å². The van der Waals surface area contributed by atoms with Crippen molar-refractivity contribution < 1.29 is 14.5 Å². The van der Waals surface area contributed by atoms with Crippen LogP contribution in [0.25, 0.3) is 0 Å². The molecule has 0 bridgehead atoms. The minimum atomic E-state index is -0.549. The molecule has 0 aromatic heterocycles. The molecule has 0 unspecified atom stereocenters. The quantitative estimate of drug-likeness (QED) is 0.391. The van der Waals surface area contributed by atoms with E-state index in [4.69, 9.17) is 0 Å². The van der Waals surface area contributed by atoms with Gasteiger partial charge in [0, 0.05) is 31.8 Å². The molecule has 0 aliphatic rings. The van der Waals surface area contributed by atoms with Gasteiger partial charge >= 0.3 is 6.03 Å². The Hall–Kier alpha value is -1.71. The smallest absolute Gasteiger partial charge is 0.324 e. The lowest BCUT2D eigenvalue weighted by molar-refractivity contribution is -0.385. The van der Waals surface area contributed by atoms with Gasteiger partial charge in [-0.1, -0.05) is 13.8 Å². The average Bonchev–Trinajstić information content (AvgIpc) is 2.52. The third-order valence-electron chi connectivity index (χ3n) is 3.24. The lowest BCUT2D eigenvalue weighted by atomic mass is 10.2. The highest BCUT2D eigenvalue weighted by Crippen LogP contribution is 2.22. The van der Waals surface area contributed by atoms with Crippen molar-refractivity contribution in [2.24, 2.45) is 0 Å². The summed E-state index contributed by atoms with van der Waals surface area (Å²) in [4.78, 5) is 37.9. The van der Waals surface area contributed by atoms with Crippen LogP contribution < -0.4 is 0 Å². The van der Waals surface area contributed by atoms with Crippen LogP contribution in [-0.2, 0) is 0 Å². The predicted molar refractivity (Wildman–Crippen MR) is 95.5 cm³/mol. The van der Waals surface area contributed by atoms with Gasteiger partial charge in [0.25, 0.3) is 11.6 Å². The molecule has 8 heteroatoms. The molecule has 0 heterocycles. The zero-order valence-electron chi connectivity index (χ0n) is 13.4. The van der Waals surface area contributed by atoms with Gasteiger partial charge in [-0.05, 0) is 47.6 Å². The van der Waals surface area contributed by atoms with Gasteiger partial charge in [-0.15, -0.1) is 0 Å². The zero-order valence-corrected chi connectivity index (χ0v) is 15.6. The van der Waals surface area contributed by atoms with Crippen LogP contribution in [0.4, 0.5) is 10.5 Å². The molecule has 0 spiro atoms. The molecule has 126 valence electrons. The molecule has 1 aromatic rings. The van der Waals surface area contributed by atoms with Crippen LogP contribution in [-0.4, -0.2) is 46.8 Å². The SMILES string of the molecule is CCCN(CCC)C(=O)N(C)C(=O)c1ccc(I)c([N+](=O)[O-])c1. The monoisotopic (exact) mass is 433 g/mol. The van der Waals surface area contributed by atoms with E-state index in [9.17, 15) is 19.7 Å². The van der Waals surface area contributed by atoms with E-state index >= 15 is 0 Å². The van der Waals surface area contributed by atoms with Crippen LogP contribution in [0.15, 0.2) is 18.2 Å². The number of hydrogen-bond donors (Lipinski definition) is 0. The van der Waals surface area contributed by atoms with Crippen molar-refractivity contribution >= 4 is 40.2 Å². The van der Waals surface area contributed by atoms with E-state index in [0.717, 1.165) is 17.7 Å². The van der Waals surface area contributed by atoms with Crippen LogP contribution in [0, 0.1) is 13.7 Å². The molecule has 7 nitrogen and oxygen atoms in total. The van der Waals surface area contributed by atoms with E-state index in [1.54, 1.807) is 4.90 Å². The summed E-state index contributed by atoms with van der Waals surface area (Å²) in [7, 11) is 1.40. The summed E-state index contributed by atoms with van der Waals surface area (Å²) in [5.41, 5.74) is -0.0165. The first-order chi connectivity index (χ1) is 10.8. The highest BCUT2D eigenvalue weighted by molar-refractivity contribution is 14.1. The largest absolute Gasteiger partial charge is 0.326 e. The number of nitrogens with zero attached hydrogens (tertiary/aromatic N) is 3. The van der Waals surface area contributed by atoms with Crippen molar-refractivity contribution in [1.29, 1.82) is 0 Å². The van der Waals surface area contributed by atoms with Crippen molar-refractivity contribution in [2.75, 3.05) is 20.1 Å². The lowest BCUT2D eigenvalue weighted by Gasteiger charge is -2.26. The molecule has 0 atom stereocenters. The molecule has 0 saturated carbocycles. The average molecular weight is 433 g/mol. The fraction of sp³-hybridized carbons (Fsp3) is 0.467. The van der Waals surface area contributed by atoms with E-state index in [1.807, 2.05) is 36.4 Å². The molecular formula is C15H20IN3O4. The summed E-state index contributed by atoms with van der Waals surface area (Å²) in [5.74, 6) is -0.549. The number of halogens is 1. The normalized spacial score (nSPS) is 10.3. The van der Waals surface area contributed by atoms with Crippen LogP contribution in [0.2, 0.25) is 0 Å². The summed E-state index contributed by atoms with van der Waals surface area (Å²) >= 11 is 1.84. The Kier molecular flexibility index (Phi) is 7.40. The van der Waals surface area contributed by atoms with Crippen LogP contribution in [0.5, 0.6) is 0 Å². The van der Waals surface area contributed by atoms with E-state index < -0.39 is 10.8 Å². The Morgan fingerprint density at radius 2 is 1.78 bits per heavy atom. The maximum atomic E-state index is 12.4. The highest BCUT2D eigenvalue weighted by atomic mass is 127. The van der Waals surface area contributed by atoms with E-state index in [0.29, 0.717) is 16.7 Å². The predicted octanol–water partition coefficient (Wildman–Crippen LogP) is 3.51. The Morgan fingerprint density at radius 1 is 1.22 bits per heavy atom. The fourth-order valence-electron chi connectivity index (χ4n) is 2.12. The summed E-state index contributed by atoms with van der Waals surface area (Å²) in [5, 5.41) is 11.0. The minimum absolute atomic E-state index is 0.126. The summed E-state index contributed by atoms with van der Waals surface area (Å²) in [6, 6.07) is 3.81. The molecule has 0 aliphatic carbocycles. The molecule has 3 amide bonds. The van der Waals surface area contributed by atoms with Crippen molar-refractivity contribution in [3.05, 3.63) is 37.4 Å². The number of benzene rings is 1. The summed E-state index contributed by atoms with van der Waals surface area (Å²) in [6.07, 6.45) is 1.59. The Balaban J connectivity index is 3.01. The summed E-state index contributed by atoms with van der Waals surface area (Å²) in [6.45, 7) is 5.05. The second-order valence-electron chi connectivity index (χ2n) is 5.06. The van der Waals surface area contributed by atoms with Crippen LogP contribution in [0.3, 0.4) is 0 Å². The number of nitro benzene ring substituents is 1. The number of rotatable bonds is 6. The highest BCUT2D eigenvalue weighted by Gasteiger charge is 2.25. The topological polar surface area (TPSA) is 83.8 Å².